The Morgan fingerprint density at radius 2 is 1.68 bits per heavy atom. The van der Waals surface area contributed by atoms with Gasteiger partial charge in [-0.05, 0) is 23.3 Å². The van der Waals surface area contributed by atoms with Crippen molar-refractivity contribution in [2.24, 2.45) is 0 Å². The molecule has 0 radical (unpaired) electrons. The minimum Gasteiger partial charge on any atom is -0.383 e. The zero-order valence-electron chi connectivity index (χ0n) is 13.6. The molecule has 7 heteroatoms. The van der Waals surface area contributed by atoms with Crippen molar-refractivity contribution in [2.45, 2.75) is 18.4 Å². The molecular weight excluding hydrogens is 322 g/mol. The molecule has 0 aliphatic heterocycles. The second-order valence-corrected chi connectivity index (χ2v) is 6.14. The Bertz CT molecular complexity index is 764. The van der Waals surface area contributed by atoms with Crippen molar-refractivity contribution in [1.29, 1.82) is 0 Å². The summed E-state index contributed by atoms with van der Waals surface area (Å²) < 4.78 is 0. The topological polar surface area (TPSA) is 104 Å². The number of carbonyl (C=O) groups excluding carboxylic acids is 1. The first-order valence-corrected chi connectivity index (χ1v) is 8.04. The number of nitro groups is 1. The van der Waals surface area contributed by atoms with Crippen LogP contribution in [0.3, 0.4) is 0 Å². The van der Waals surface area contributed by atoms with E-state index in [4.69, 9.17) is 0 Å². The molecule has 0 saturated carbocycles. The lowest BCUT2D eigenvalue weighted by atomic mass is 9.99. The summed E-state index contributed by atoms with van der Waals surface area (Å²) in [5.74, 6) is -0.380. The number of carbonyl (C=O) groups is 1. The number of non-ortho nitro benzene ring substituents is 1. The average molecular weight is 341 g/mol. The number of hydrogen-bond donors (Lipinski definition) is 3. The van der Waals surface area contributed by atoms with Gasteiger partial charge in [-0.1, -0.05) is 24.3 Å². The van der Waals surface area contributed by atoms with Crippen LogP contribution in [0.4, 0.5) is 11.4 Å². The first kappa shape index (κ1) is 16.9. The maximum atomic E-state index is 12.3. The molecule has 1 aliphatic rings. The molecule has 1 amide bonds. The molecule has 0 unspecified atom stereocenters. The Balaban J connectivity index is 1.46. The molecule has 130 valence electrons. The van der Waals surface area contributed by atoms with E-state index in [0.717, 1.165) is 16.8 Å². The van der Waals surface area contributed by atoms with E-state index in [1.807, 2.05) is 24.3 Å². The molecule has 0 heterocycles. The highest BCUT2D eigenvalue weighted by atomic mass is 16.6. The predicted molar refractivity (Wildman–Crippen MR) is 93.4 cm³/mol. The van der Waals surface area contributed by atoms with E-state index in [0.29, 0.717) is 25.9 Å². The number of fused-ring (bicyclic) bond motifs is 1. The van der Waals surface area contributed by atoms with Gasteiger partial charge in [-0.15, -0.1) is 0 Å². The summed E-state index contributed by atoms with van der Waals surface area (Å²) in [5, 5.41) is 27.0. The lowest BCUT2D eigenvalue weighted by Gasteiger charge is -2.21. The van der Waals surface area contributed by atoms with Crippen LogP contribution in [-0.4, -0.2) is 34.6 Å². The minimum absolute atomic E-state index is 0.0295. The number of hydrogen-bond acceptors (Lipinski definition) is 5. The van der Waals surface area contributed by atoms with Crippen LogP contribution in [0.25, 0.3) is 0 Å². The first-order valence-electron chi connectivity index (χ1n) is 8.04. The van der Waals surface area contributed by atoms with Crippen molar-refractivity contribution in [3.05, 3.63) is 69.8 Å². The largest absolute Gasteiger partial charge is 0.383 e. The molecule has 0 atom stereocenters. The van der Waals surface area contributed by atoms with Crippen LogP contribution in [0.5, 0.6) is 0 Å². The van der Waals surface area contributed by atoms with Gasteiger partial charge in [-0.25, -0.2) is 0 Å². The van der Waals surface area contributed by atoms with E-state index < -0.39 is 10.5 Å². The fourth-order valence-corrected chi connectivity index (χ4v) is 3.00. The van der Waals surface area contributed by atoms with Crippen LogP contribution in [0.2, 0.25) is 0 Å². The molecule has 0 saturated heterocycles. The maximum Gasteiger partial charge on any atom is 0.269 e. The SMILES string of the molecule is O=C(NCCNc1ccc([N+](=O)[O-])cc1)C1(O)Cc2ccccc2C1. The second kappa shape index (κ2) is 6.90. The van der Waals surface area contributed by atoms with Crippen molar-refractivity contribution in [1.82, 2.24) is 5.32 Å². The van der Waals surface area contributed by atoms with Gasteiger partial charge >= 0.3 is 0 Å². The molecule has 2 aromatic rings. The van der Waals surface area contributed by atoms with Gasteiger partial charge in [-0.3, -0.25) is 14.9 Å². The highest BCUT2D eigenvalue weighted by Crippen LogP contribution is 2.30. The van der Waals surface area contributed by atoms with Crippen LogP contribution in [0.15, 0.2) is 48.5 Å². The number of benzene rings is 2. The average Bonchev–Trinajstić information content (AvgIpc) is 2.96. The predicted octanol–water partition coefficient (Wildman–Crippen LogP) is 1.65. The van der Waals surface area contributed by atoms with Gasteiger partial charge in [0.1, 0.15) is 0 Å². The van der Waals surface area contributed by atoms with E-state index in [2.05, 4.69) is 10.6 Å². The summed E-state index contributed by atoms with van der Waals surface area (Å²) in [4.78, 5) is 22.4. The van der Waals surface area contributed by atoms with E-state index in [1.54, 1.807) is 12.1 Å². The first-order chi connectivity index (χ1) is 12.0. The normalized spacial score (nSPS) is 14.6. The van der Waals surface area contributed by atoms with E-state index in [1.165, 1.54) is 12.1 Å². The van der Waals surface area contributed by atoms with Gasteiger partial charge in [0.15, 0.2) is 5.60 Å². The van der Waals surface area contributed by atoms with Crippen LogP contribution in [0.1, 0.15) is 11.1 Å². The lowest BCUT2D eigenvalue weighted by molar-refractivity contribution is -0.384. The molecule has 25 heavy (non-hydrogen) atoms. The van der Waals surface area contributed by atoms with Gasteiger partial charge in [0.2, 0.25) is 0 Å². The Labute approximate surface area is 144 Å². The number of amides is 1. The van der Waals surface area contributed by atoms with Crippen molar-refractivity contribution in [3.63, 3.8) is 0 Å². The highest BCUT2D eigenvalue weighted by molar-refractivity contribution is 5.86. The minimum atomic E-state index is -1.39. The molecule has 0 spiro atoms. The summed E-state index contributed by atoms with van der Waals surface area (Å²) in [6.45, 7) is 0.793. The molecule has 0 aromatic heterocycles. The summed E-state index contributed by atoms with van der Waals surface area (Å²) in [6.07, 6.45) is 0.648. The number of nitro benzene ring substituents is 1. The zero-order chi connectivity index (χ0) is 17.9. The third-order valence-electron chi connectivity index (χ3n) is 4.32. The lowest BCUT2D eigenvalue weighted by Crippen LogP contribution is -2.48. The zero-order valence-corrected chi connectivity index (χ0v) is 13.6. The Morgan fingerprint density at radius 3 is 2.24 bits per heavy atom. The van der Waals surface area contributed by atoms with E-state index in [-0.39, 0.29) is 11.6 Å². The fourth-order valence-electron chi connectivity index (χ4n) is 3.00. The number of rotatable bonds is 6. The van der Waals surface area contributed by atoms with Crippen molar-refractivity contribution < 1.29 is 14.8 Å². The Morgan fingerprint density at radius 1 is 1.08 bits per heavy atom. The van der Waals surface area contributed by atoms with Crippen LogP contribution in [-0.2, 0) is 17.6 Å². The van der Waals surface area contributed by atoms with Crippen molar-refractivity contribution in [3.8, 4) is 0 Å². The molecule has 0 fully saturated rings. The Hall–Kier alpha value is -2.93. The molecular formula is C18H19N3O4. The van der Waals surface area contributed by atoms with Crippen molar-refractivity contribution in [2.75, 3.05) is 18.4 Å². The van der Waals surface area contributed by atoms with Gasteiger partial charge in [0.05, 0.1) is 4.92 Å². The van der Waals surface area contributed by atoms with Gasteiger partial charge in [-0.2, -0.15) is 0 Å². The van der Waals surface area contributed by atoms with Crippen LogP contribution in [0, 0.1) is 10.1 Å². The summed E-state index contributed by atoms with van der Waals surface area (Å²) in [6, 6.07) is 13.7. The van der Waals surface area contributed by atoms with E-state index >= 15 is 0 Å². The monoisotopic (exact) mass is 341 g/mol. The fraction of sp³-hybridized carbons (Fsp3) is 0.278. The maximum absolute atomic E-state index is 12.3. The highest BCUT2D eigenvalue weighted by Gasteiger charge is 2.41. The molecule has 1 aliphatic carbocycles. The van der Waals surface area contributed by atoms with Gasteiger partial charge in [0.25, 0.3) is 11.6 Å². The van der Waals surface area contributed by atoms with Crippen molar-refractivity contribution >= 4 is 17.3 Å². The standard InChI is InChI=1S/C18H19N3O4/c22-17(18(23)11-13-3-1-2-4-14(13)12-18)20-10-9-19-15-5-7-16(8-6-15)21(24)25/h1-8,19,23H,9-12H2,(H,20,22). The number of aliphatic hydroxyl groups is 1. The molecule has 0 bridgehead atoms. The Kier molecular flexibility index (Phi) is 4.67. The number of anilines is 1. The summed E-state index contributed by atoms with van der Waals surface area (Å²) in [5.41, 5.74) is 1.37. The second-order valence-electron chi connectivity index (χ2n) is 6.14. The molecule has 2 aromatic carbocycles. The molecule has 7 nitrogen and oxygen atoms in total. The summed E-state index contributed by atoms with van der Waals surface area (Å²) >= 11 is 0. The number of nitrogens with one attached hydrogen (secondary N) is 2. The number of nitrogens with zero attached hydrogens (tertiary/aromatic N) is 1. The quantitative estimate of drug-likeness (QED) is 0.421. The smallest absolute Gasteiger partial charge is 0.269 e. The van der Waals surface area contributed by atoms with Gasteiger partial charge < -0.3 is 15.7 Å². The summed E-state index contributed by atoms with van der Waals surface area (Å²) in [7, 11) is 0. The third kappa shape index (κ3) is 3.77. The molecule has 3 rings (SSSR count). The van der Waals surface area contributed by atoms with Crippen LogP contribution < -0.4 is 10.6 Å². The van der Waals surface area contributed by atoms with E-state index in [9.17, 15) is 20.0 Å². The third-order valence-corrected chi connectivity index (χ3v) is 4.32. The molecule has 3 N–H and O–H groups in total. The van der Waals surface area contributed by atoms with Crippen LogP contribution >= 0.6 is 0 Å². The van der Waals surface area contributed by atoms with Gasteiger partial charge in [0, 0.05) is 43.8 Å².